The molecule has 1 saturated heterocycles. The van der Waals surface area contributed by atoms with Gasteiger partial charge in [-0.15, -0.1) is 0 Å². The molecule has 1 aliphatic rings. The quantitative estimate of drug-likeness (QED) is 0.319. The Kier molecular flexibility index (Phi) is 8.62. The summed E-state index contributed by atoms with van der Waals surface area (Å²) in [5.74, 6) is 0.0851. The monoisotopic (exact) mass is 641 g/mol. The lowest BCUT2D eigenvalue weighted by Crippen LogP contribution is -2.56. The van der Waals surface area contributed by atoms with E-state index in [1.54, 1.807) is 0 Å². The van der Waals surface area contributed by atoms with Crippen molar-refractivity contribution in [1.29, 1.82) is 0 Å². The molecule has 4 rings (SSSR count). The maximum atomic E-state index is 13.9. The standard InChI is InChI=1S/C30H33Br2N3O3/c1-18-16-35(17-19(2)27(18)34-29(37)38-30(3,4)5)28(36)25-15-23(12-8-20-6-9-21(31)10-7-20)33-26-13-11-22(32)14-24(25)26/h6-15,18-19,27H,16-17H2,1-5H3,(H,34,37)/b12-8+. The highest BCUT2D eigenvalue weighted by atomic mass is 79.9. The number of nitrogens with one attached hydrogen (secondary N) is 1. The number of halogens is 2. The molecule has 0 radical (unpaired) electrons. The molecule has 2 heterocycles. The van der Waals surface area contributed by atoms with E-state index in [9.17, 15) is 9.59 Å². The van der Waals surface area contributed by atoms with Crippen LogP contribution in [0.2, 0.25) is 0 Å². The van der Waals surface area contributed by atoms with Gasteiger partial charge in [-0.1, -0.05) is 63.9 Å². The van der Waals surface area contributed by atoms with Gasteiger partial charge in [0.15, 0.2) is 0 Å². The zero-order chi connectivity index (χ0) is 27.6. The average molecular weight is 643 g/mol. The molecule has 1 N–H and O–H groups in total. The van der Waals surface area contributed by atoms with Crippen LogP contribution >= 0.6 is 31.9 Å². The summed E-state index contributed by atoms with van der Waals surface area (Å²) < 4.78 is 7.37. The minimum atomic E-state index is -0.562. The SMILES string of the molecule is CC1CN(C(=O)c2cc(/C=C/c3ccc(Br)cc3)nc3ccc(Br)cc23)CC(C)C1NC(=O)OC(C)(C)C. The molecule has 0 bridgehead atoms. The van der Waals surface area contributed by atoms with Crippen LogP contribution in [0.15, 0.2) is 57.5 Å². The first-order chi connectivity index (χ1) is 17.9. The molecule has 0 saturated carbocycles. The summed E-state index contributed by atoms with van der Waals surface area (Å²) in [4.78, 5) is 33.0. The van der Waals surface area contributed by atoms with Gasteiger partial charge in [0.25, 0.3) is 5.91 Å². The fourth-order valence-corrected chi connectivity index (χ4v) is 5.48. The number of carbonyl (C=O) groups is 2. The third-order valence-corrected chi connectivity index (χ3v) is 7.57. The lowest BCUT2D eigenvalue weighted by atomic mass is 9.85. The first-order valence-electron chi connectivity index (χ1n) is 12.7. The normalized spacial score (nSPS) is 20.1. The maximum Gasteiger partial charge on any atom is 0.407 e. The second-order valence-corrected chi connectivity index (χ2v) is 12.8. The van der Waals surface area contributed by atoms with Gasteiger partial charge in [0.05, 0.1) is 16.8 Å². The molecule has 1 aliphatic heterocycles. The van der Waals surface area contributed by atoms with Gasteiger partial charge in [0.2, 0.25) is 0 Å². The van der Waals surface area contributed by atoms with Gasteiger partial charge in [0, 0.05) is 33.5 Å². The van der Waals surface area contributed by atoms with E-state index in [0.29, 0.717) is 24.3 Å². The summed E-state index contributed by atoms with van der Waals surface area (Å²) in [6.45, 7) is 10.7. The third-order valence-electron chi connectivity index (χ3n) is 6.55. The molecule has 3 aromatic rings. The molecule has 8 heteroatoms. The maximum absolute atomic E-state index is 13.9. The number of fused-ring (bicyclic) bond motifs is 1. The van der Waals surface area contributed by atoms with E-state index in [0.717, 1.165) is 25.4 Å². The van der Waals surface area contributed by atoms with Crippen LogP contribution in [-0.4, -0.2) is 46.6 Å². The van der Waals surface area contributed by atoms with Gasteiger partial charge in [-0.05, 0) is 80.6 Å². The predicted molar refractivity (Wildman–Crippen MR) is 160 cm³/mol. The van der Waals surface area contributed by atoms with Crippen LogP contribution < -0.4 is 5.32 Å². The number of aromatic nitrogens is 1. The van der Waals surface area contributed by atoms with Crippen LogP contribution in [0.1, 0.15) is 56.2 Å². The molecule has 38 heavy (non-hydrogen) atoms. The fourth-order valence-electron chi connectivity index (χ4n) is 4.86. The number of ether oxygens (including phenoxy) is 1. The average Bonchev–Trinajstić information content (AvgIpc) is 2.84. The molecule has 2 amide bonds. The minimum absolute atomic E-state index is 0.0387. The van der Waals surface area contributed by atoms with Gasteiger partial charge in [-0.25, -0.2) is 9.78 Å². The van der Waals surface area contributed by atoms with E-state index in [-0.39, 0.29) is 23.8 Å². The molecule has 2 atom stereocenters. The Balaban J connectivity index is 1.59. The topological polar surface area (TPSA) is 71.5 Å². The molecule has 1 fully saturated rings. The Morgan fingerprint density at radius 2 is 1.61 bits per heavy atom. The van der Waals surface area contributed by atoms with Crippen LogP contribution in [0.3, 0.4) is 0 Å². The Morgan fingerprint density at radius 1 is 0.974 bits per heavy atom. The largest absolute Gasteiger partial charge is 0.444 e. The second-order valence-electron chi connectivity index (χ2n) is 11.0. The fraction of sp³-hybridized carbons (Fsp3) is 0.367. The number of piperidine rings is 1. The van der Waals surface area contributed by atoms with Crippen molar-refractivity contribution < 1.29 is 14.3 Å². The summed E-state index contributed by atoms with van der Waals surface area (Å²) in [5, 5.41) is 3.83. The number of alkyl carbamates (subject to hydrolysis) is 1. The van der Waals surface area contributed by atoms with Crippen LogP contribution in [0, 0.1) is 11.8 Å². The third kappa shape index (κ3) is 7.03. The highest BCUT2D eigenvalue weighted by Gasteiger charge is 2.36. The van der Waals surface area contributed by atoms with Crippen molar-refractivity contribution in [3.8, 4) is 0 Å². The Morgan fingerprint density at radius 3 is 2.24 bits per heavy atom. The van der Waals surface area contributed by atoms with E-state index < -0.39 is 11.7 Å². The number of nitrogens with zero attached hydrogens (tertiary/aromatic N) is 2. The van der Waals surface area contributed by atoms with Crippen molar-refractivity contribution in [3.05, 3.63) is 74.3 Å². The van der Waals surface area contributed by atoms with Crippen LogP contribution in [-0.2, 0) is 4.74 Å². The van der Waals surface area contributed by atoms with Gasteiger partial charge >= 0.3 is 6.09 Å². The number of rotatable bonds is 4. The zero-order valence-corrected chi connectivity index (χ0v) is 25.5. The van der Waals surface area contributed by atoms with Crippen LogP contribution in [0.5, 0.6) is 0 Å². The number of carbonyl (C=O) groups excluding carboxylic acids is 2. The van der Waals surface area contributed by atoms with Crippen LogP contribution in [0.4, 0.5) is 4.79 Å². The lowest BCUT2D eigenvalue weighted by molar-refractivity contribution is 0.0357. The van der Waals surface area contributed by atoms with E-state index in [4.69, 9.17) is 9.72 Å². The summed E-state index contributed by atoms with van der Waals surface area (Å²) >= 11 is 7.01. The van der Waals surface area contributed by atoms with Crippen molar-refractivity contribution in [1.82, 2.24) is 15.2 Å². The molecule has 6 nitrogen and oxygen atoms in total. The first kappa shape index (κ1) is 28.3. The minimum Gasteiger partial charge on any atom is -0.444 e. The smallest absolute Gasteiger partial charge is 0.407 e. The summed E-state index contributed by atoms with van der Waals surface area (Å²) in [6, 6.07) is 15.6. The Hall–Kier alpha value is -2.71. The first-order valence-corrected chi connectivity index (χ1v) is 14.3. The van der Waals surface area contributed by atoms with Gasteiger partial charge in [-0.3, -0.25) is 4.79 Å². The molecule has 0 spiro atoms. The highest BCUT2D eigenvalue weighted by molar-refractivity contribution is 9.10. The molecule has 0 aliphatic carbocycles. The van der Waals surface area contributed by atoms with E-state index >= 15 is 0 Å². The van der Waals surface area contributed by atoms with E-state index in [1.165, 1.54) is 0 Å². The summed E-state index contributed by atoms with van der Waals surface area (Å²) in [6.07, 6.45) is 3.50. The number of pyridine rings is 1. The molecule has 1 aromatic heterocycles. The lowest BCUT2D eigenvalue weighted by Gasteiger charge is -2.41. The van der Waals surface area contributed by atoms with Crippen molar-refractivity contribution in [2.75, 3.05) is 13.1 Å². The molecule has 2 unspecified atom stereocenters. The van der Waals surface area contributed by atoms with Gasteiger partial charge < -0.3 is 15.0 Å². The van der Waals surface area contributed by atoms with E-state index in [2.05, 4.69) is 51.0 Å². The number of hydrogen-bond acceptors (Lipinski definition) is 4. The number of hydrogen-bond donors (Lipinski definition) is 1. The number of amides is 2. The summed E-state index contributed by atoms with van der Waals surface area (Å²) in [7, 11) is 0. The predicted octanol–water partition coefficient (Wildman–Crippen LogP) is 7.55. The number of likely N-dealkylation sites (tertiary alicyclic amines) is 1. The molecular formula is C30H33Br2N3O3. The zero-order valence-electron chi connectivity index (χ0n) is 22.3. The number of benzene rings is 2. The van der Waals surface area contributed by atoms with Crippen molar-refractivity contribution in [2.24, 2.45) is 11.8 Å². The van der Waals surface area contributed by atoms with Crippen LogP contribution in [0.25, 0.3) is 23.1 Å². The van der Waals surface area contributed by atoms with Crippen molar-refractivity contribution in [3.63, 3.8) is 0 Å². The Labute approximate surface area is 241 Å². The van der Waals surface area contributed by atoms with Gasteiger partial charge in [-0.2, -0.15) is 0 Å². The highest BCUT2D eigenvalue weighted by Crippen LogP contribution is 2.29. The van der Waals surface area contributed by atoms with Crippen molar-refractivity contribution >= 4 is 66.9 Å². The molecule has 2 aromatic carbocycles. The Bertz CT molecular complexity index is 1350. The van der Waals surface area contributed by atoms with Gasteiger partial charge in [0.1, 0.15) is 5.60 Å². The summed E-state index contributed by atoms with van der Waals surface area (Å²) in [5.41, 5.74) is 2.57. The van der Waals surface area contributed by atoms with Crippen molar-refractivity contribution in [2.45, 2.75) is 46.3 Å². The second kappa shape index (κ2) is 11.6. The van der Waals surface area contributed by atoms with E-state index in [1.807, 2.05) is 86.4 Å². The molecular weight excluding hydrogens is 610 g/mol. The molecule has 200 valence electrons.